The van der Waals surface area contributed by atoms with Crippen molar-refractivity contribution in [2.75, 3.05) is 13.2 Å². The molecule has 0 aromatic rings. The average molecular weight is 284 g/mol. The van der Waals surface area contributed by atoms with Crippen LogP contribution in [0.5, 0.6) is 0 Å². The van der Waals surface area contributed by atoms with Gasteiger partial charge in [0, 0.05) is 0 Å². The van der Waals surface area contributed by atoms with Crippen molar-refractivity contribution in [2.45, 2.75) is 53.9 Å². The van der Waals surface area contributed by atoms with E-state index in [9.17, 15) is 9.59 Å². The minimum absolute atomic E-state index is 0.143. The van der Waals surface area contributed by atoms with Crippen molar-refractivity contribution in [2.24, 2.45) is 23.2 Å². The molecule has 4 nitrogen and oxygen atoms in total. The van der Waals surface area contributed by atoms with Crippen molar-refractivity contribution in [3.05, 3.63) is 0 Å². The van der Waals surface area contributed by atoms with Crippen LogP contribution < -0.4 is 0 Å². The first-order valence-corrected chi connectivity index (χ1v) is 7.64. The number of ether oxygens (including phenoxy) is 2. The molecule has 1 fully saturated rings. The number of rotatable bonds is 4. The molecule has 3 unspecified atom stereocenters. The molecule has 0 N–H and O–H groups in total. The van der Waals surface area contributed by atoms with Crippen LogP contribution in [0.15, 0.2) is 0 Å². The molecule has 0 radical (unpaired) electrons. The van der Waals surface area contributed by atoms with Gasteiger partial charge in [-0.2, -0.15) is 0 Å². The Bertz CT molecular complexity index is 343. The van der Waals surface area contributed by atoms with Gasteiger partial charge >= 0.3 is 11.9 Å². The summed E-state index contributed by atoms with van der Waals surface area (Å²) in [5.41, 5.74) is 0.143. The Morgan fingerprint density at radius 2 is 1.45 bits per heavy atom. The number of carbonyl (C=O) groups is 2. The lowest BCUT2D eigenvalue weighted by Crippen LogP contribution is -2.40. The van der Waals surface area contributed by atoms with Crippen LogP contribution >= 0.6 is 0 Å². The normalized spacial score (nSPS) is 26.9. The predicted molar refractivity (Wildman–Crippen MR) is 77.0 cm³/mol. The van der Waals surface area contributed by atoms with Gasteiger partial charge in [-0.3, -0.25) is 9.59 Å². The van der Waals surface area contributed by atoms with Crippen LogP contribution in [0, 0.1) is 23.2 Å². The molecule has 116 valence electrons. The van der Waals surface area contributed by atoms with Gasteiger partial charge in [0.2, 0.25) is 0 Å². The van der Waals surface area contributed by atoms with Gasteiger partial charge in [-0.15, -0.1) is 0 Å². The van der Waals surface area contributed by atoms with E-state index in [-0.39, 0.29) is 29.2 Å². The van der Waals surface area contributed by atoms with Crippen LogP contribution in [0.25, 0.3) is 0 Å². The Hall–Kier alpha value is -1.06. The van der Waals surface area contributed by atoms with Gasteiger partial charge in [-0.05, 0) is 44.4 Å². The molecule has 1 rings (SSSR count). The van der Waals surface area contributed by atoms with Gasteiger partial charge < -0.3 is 9.47 Å². The average Bonchev–Trinajstić information content (AvgIpc) is 2.37. The Labute approximate surface area is 122 Å². The third-order valence-electron chi connectivity index (χ3n) is 4.25. The summed E-state index contributed by atoms with van der Waals surface area (Å²) in [5, 5.41) is 0. The summed E-state index contributed by atoms with van der Waals surface area (Å²) in [6.07, 6.45) is 2.39. The van der Waals surface area contributed by atoms with E-state index < -0.39 is 0 Å². The van der Waals surface area contributed by atoms with Gasteiger partial charge in [0.15, 0.2) is 0 Å². The first-order chi connectivity index (χ1) is 9.31. The minimum atomic E-state index is -0.355. The molecule has 1 aliphatic carbocycles. The van der Waals surface area contributed by atoms with E-state index in [2.05, 4.69) is 20.8 Å². The lowest BCUT2D eigenvalue weighted by molar-refractivity contribution is -0.164. The molecular formula is C16H28O4. The highest BCUT2D eigenvalue weighted by Gasteiger charge is 2.43. The fourth-order valence-corrected chi connectivity index (χ4v) is 3.00. The maximum Gasteiger partial charge on any atom is 0.309 e. The molecule has 20 heavy (non-hydrogen) atoms. The van der Waals surface area contributed by atoms with Gasteiger partial charge in [-0.1, -0.05) is 20.8 Å². The van der Waals surface area contributed by atoms with Gasteiger partial charge in [0.1, 0.15) is 0 Å². The number of carbonyl (C=O) groups excluding carboxylic acids is 2. The predicted octanol–water partition coefficient (Wildman–Crippen LogP) is 3.19. The molecule has 0 amide bonds. The van der Waals surface area contributed by atoms with Crippen molar-refractivity contribution in [3.63, 3.8) is 0 Å². The summed E-state index contributed by atoms with van der Waals surface area (Å²) < 4.78 is 10.3. The standard InChI is InChI=1S/C16H28O4/c1-6-19-14(17)12-9-8-11(16(3,4)5)10-13(12)15(18)20-7-2/h11-13H,6-10H2,1-5H3. The molecule has 0 bridgehead atoms. The highest BCUT2D eigenvalue weighted by molar-refractivity contribution is 5.82. The number of hydrogen-bond donors (Lipinski definition) is 0. The quantitative estimate of drug-likeness (QED) is 0.744. The van der Waals surface area contributed by atoms with Crippen molar-refractivity contribution >= 4 is 11.9 Å². The van der Waals surface area contributed by atoms with Crippen LogP contribution in [-0.4, -0.2) is 25.2 Å². The Morgan fingerprint density at radius 3 is 1.90 bits per heavy atom. The van der Waals surface area contributed by atoms with E-state index in [1.165, 1.54) is 0 Å². The van der Waals surface area contributed by atoms with Crippen LogP contribution in [0.4, 0.5) is 0 Å². The summed E-state index contributed by atoms with van der Waals surface area (Å²) >= 11 is 0. The molecule has 0 heterocycles. The second-order valence-corrected chi connectivity index (χ2v) is 6.59. The fraction of sp³-hybridized carbons (Fsp3) is 0.875. The van der Waals surface area contributed by atoms with E-state index in [0.29, 0.717) is 32.0 Å². The monoisotopic (exact) mass is 284 g/mol. The second kappa shape index (κ2) is 7.09. The molecule has 0 saturated heterocycles. The van der Waals surface area contributed by atoms with E-state index >= 15 is 0 Å². The lowest BCUT2D eigenvalue weighted by atomic mass is 9.65. The van der Waals surface area contributed by atoms with Crippen molar-refractivity contribution in [1.29, 1.82) is 0 Å². The molecular weight excluding hydrogens is 256 g/mol. The Morgan fingerprint density at radius 1 is 0.950 bits per heavy atom. The highest BCUT2D eigenvalue weighted by Crippen LogP contribution is 2.43. The molecule has 0 aromatic carbocycles. The third-order valence-corrected chi connectivity index (χ3v) is 4.25. The summed E-state index contributed by atoms with van der Waals surface area (Å²) in [4.78, 5) is 24.2. The van der Waals surface area contributed by atoms with E-state index in [4.69, 9.17) is 9.47 Å². The second-order valence-electron chi connectivity index (χ2n) is 6.59. The number of esters is 2. The van der Waals surface area contributed by atoms with E-state index in [1.807, 2.05) is 0 Å². The highest BCUT2D eigenvalue weighted by atomic mass is 16.5. The SMILES string of the molecule is CCOC(=O)C1CCC(C(C)(C)C)CC1C(=O)OCC. The van der Waals surface area contributed by atoms with E-state index in [0.717, 1.165) is 6.42 Å². The maximum atomic E-state index is 12.2. The van der Waals surface area contributed by atoms with Crippen LogP contribution in [-0.2, 0) is 19.1 Å². The molecule has 0 spiro atoms. The van der Waals surface area contributed by atoms with E-state index in [1.54, 1.807) is 13.8 Å². The maximum absolute atomic E-state index is 12.2. The minimum Gasteiger partial charge on any atom is -0.466 e. The van der Waals surface area contributed by atoms with Crippen molar-refractivity contribution < 1.29 is 19.1 Å². The fourth-order valence-electron chi connectivity index (χ4n) is 3.00. The molecule has 4 heteroatoms. The molecule has 1 aliphatic rings. The molecule has 0 aliphatic heterocycles. The zero-order valence-electron chi connectivity index (χ0n) is 13.4. The van der Waals surface area contributed by atoms with Crippen LogP contribution in [0.2, 0.25) is 0 Å². The smallest absolute Gasteiger partial charge is 0.309 e. The largest absolute Gasteiger partial charge is 0.466 e. The zero-order valence-corrected chi connectivity index (χ0v) is 13.4. The number of hydrogen-bond acceptors (Lipinski definition) is 4. The topological polar surface area (TPSA) is 52.6 Å². The third kappa shape index (κ3) is 4.22. The van der Waals surface area contributed by atoms with Gasteiger partial charge in [-0.25, -0.2) is 0 Å². The first kappa shape index (κ1) is 17.0. The van der Waals surface area contributed by atoms with Crippen LogP contribution in [0.1, 0.15) is 53.9 Å². The molecule has 1 saturated carbocycles. The summed E-state index contributed by atoms with van der Waals surface area (Å²) in [5.74, 6) is -0.764. The van der Waals surface area contributed by atoms with Crippen molar-refractivity contribution in [3.8, 4) is 0 Å². The summed E-state index contributed by atoms with van der Waals surface area (Å²) in [6, 6.07) is 0. The van der Waals surface area contributed by atoms with Gasteiger partial charge in [0.05, 0.1) is 25.0 Å². The first-order valence-electron chi connectivity index (χ1n) is 7.64. The molecule has 3 atom stereocenters. The molecule has 0 aromatic heterocycles. The Balaban J connectivity index is 2.85. The van der Waals surface area contributed by atoms with Gasteiger partial charge in [0.25, 0.3) is 0 Å². The Kier molecular flexibility index (Phi) is 6.03. The zero-order chi connectivity index (χ0) is 15.3. The van der Waals surface area contributed by atoms with Crippen molar-refractivity contribution in [1.82, 2.24) is 0 Å². The van der Waals surface area contributed by atoms with Crippen LogP contribution in [0.3, 0.4) is 0 Å². The lowest BCUT2D eigenvalue weighted by Gasteiger charge is -2.39. The summed E-state index contributed by atoms with van der Waals surface area (Å²) in [7, 11) is 0. The summed E-state index contributed by atoms with van der Waals surface area (Å²) in [6.45, 7) is 10.8.